The minimum absolute atomic E-state index is 0.106. The van der Waals surface area contributed by atoms with Gasteiger partial charge in [0.25, 0.3) is 0 Å². The monoisotopic (exact) mass is 503 g/mol. The average Bonchev–Trinajstić information content (AvgIpc) is 2.73. The first-order valence-corrected chi connectivity index (χ1v) is 12.5. The second-order valence-corrected chi connectivity index (χ2v) is 8.22. The summed E-state index contributed by atoms with van der Waals surface area (Å²) in [6.45, 7) is 2.73. The minimum atomic E-state index is -1.06. The van der Waals surface area contributed by atoms with Gasteiger partial charge in [-0.25, -0.2) is 14.8 Å². The zero-order chi connectivity index (χ0) is 23.9. The van der Waals surface area contributed by atoms with Crippen molar-refractivity contribution in [3.05, 3.63) is 35.9 Å². The van der Waals surface area contributed by atoms with Crippen LogP contribution in [-0.2, 0) is 27.2 Å². The summed E-state index contributed by atoms with van der Waals surface area (Å²) in [5, 5.41) is 15.2. The number of carbonyl (C=O) groups excluding carboxylic acids is 1. The Balaban J connectivity index is 0. The van der Waals surface area contributed by atoms with E-state index in [1.54, 1.807) is 6.26 Å². The summed E-state index contributed by atoms with van der Waals surface area (Å²) in [7, 11) is 0. The normalized spacial score (nSPS) is 11.0. The molecular formula is C20H29N3O4S4. The molecule has 0 aliphatic carbocycles. The van der Waals surface area contributed by atoms with E-state index >= 15 is 0 Å². The van der Waals surface area contributed by atoms with E-state index in [1.807, 2.05) is 18.2 Å². The Hall–Kier alpha value is -1.58. The van der Waals surface area contributed by atoms with Gasteiger partial charge in [0.15, 0.2) is 0 Å². The number of aliphatic imine (C=N–C) groups is 2. The summed E-state index contributed by atoms with van der Waals surface area (Å²) in [5.74, 6) is -0.548. The van der Waals surface area contributed by atoms with Gasteiger partial charge in [0.05, 0.1) is 23.1 Å². The number of aliphatic carboxylic acids is 1. The summed E-state index contributed by atoms with van der Waals surface area (Å²) in [6, 6.07) is 9.34. The third-order valence-electron chi connectivity index (χ3n) is 3.29. The van der Waals surface area contributed by atoms with Gasteiger partial charge in [-0.05, 0) is 49.3 Å². The predicted molar refractivity (Wildman–Crippen MR) is 137 cm³/mol. The summed E-state index contributed by atoms with van der Waals surface area (Å²) >= 11 is 11.9. The molecule has 0 fully saturated rings. The number of rotatable bonds is 11. The molecular weight excluding hydrogens is 475 g/mol. The van der Waals surface area contributed by atoms with Crippen molar-refractivity contribution in [2.45, 2.75) is 32.2 Å². The van der Waals surface area contributed by atoms with Crippen molar-refractivity contribution >= 4 is 70.4 Å². The first-order chi connectivity index (χ1) is 14.8. The Labute approximate surface area is 203 Å². The minimum Gasteiger partial charge on any atom is -0.617 e. The summed E-state index contributed by atoms with van der Waals surface area (Å²) in [6.07, 6.45) is 4.58. The molecule has 0 aromatic heterocycles. The van der Waals surface area contributed by atoms with E-state index in [4.69, 9.17) is 5.11 Å². The number of nitrogens with zero attached hydrogens (tertiary/aromatic N) is 2. The number of nitrogens with one attached hydrogen (secondary N) is 1. The molecule has 1 amide bonds. The van der Waals surface area contributed by atoms with E-state index in [0.29, 0.717) is 0 Å². The lowest BCUT2D eigenvalue weighted by atomic mass is 10.2. The lowest BCUT2D eigenvalue weighted by Crippen LogP contribution is -2.40. The van der Waals surface area contributed by atoms with Crippen molar-refractivity contribution in [1.29, 1.82) is 0 Å². The van der Waals surface area contributed by atoms with Gasteiger partial charge in [0, 0.05) is 19.2 Å². The van der Waals surface area contributed by atoms with Gasteiger partial charge >= 0.3 is 5.97 Å². The standard InChI is InChI=1S/C9H9NS.C6H11NOS2.C5H9NO3S/c11-8-10-7-6-9-4-2-1-3-5-9;1-10(8)5-3-2-4-7-6-9;1-3(7)6-4(2-10)5(8)9/h1-5H,6-7H2;2-5H2,1H3;4,10H,2H2,1H3,(H,6,7)(H,8,9)/t;10-;/m.1./s1. The molecule has 2 atom stereocenters. The van der Waals surface area contributed by atoms with Crippen molar-refractivity contribution in [3.63, 3.8) is 0 Å². The highest BCUT2D eigenvalue weighted by molar-refractivity contribution is 7.90. The fourth-order valence-electron chi connectivity index (χ4n) is 1.85. The molecule has 0 saturated heterocycles. The summed E-state index contributed by atoms with van der Waals surface area (Å²) in [5.41, 5.74) is 1.29. The Morgan fingerprint density at radius 2 is 1.77 bits per heavy atom. The van der Waals surface area contributed by atoms with Gasteiger partial charge in [-0.2, -0.15) is 12.6 Å². The highest BCUT2D eigenvalue weighted by atomic mass is 32.2. The zero-order valence-corrected chi connectivity index (χ0v) is 21.0. The maximum Gasteiger partial charge on any atom is 0.327 e. The van der Waals surface area contributed by atoms with E-state index < -0.39 is 23.2 Å². The molecule has 172 valence electrons. The summed E-state index contributed by atoms with van der Waals surface area (Å²) < 4.78 is 10.5. The van der Waals surface area contributed by atoms with E-state index in [2.05, 4.69) is 74.8 Å². The fourth-order valence-corrected chi connectivity index (χ4v) is 2.89. The molecule has 1 aromatic carbocycles. The second-order valence-electron chi connectivity index (χ2n) is 5.94. The van der Waals surface area contributed by atoms with Gasteiger partial charge in [0.1, 0.15) is 11.8 Å². The number of carboxylic acids is 1. The van der Waals surface area contributed by atoms with Crippen LogP contribution in [0.2, 0.25) is 0 Å². The number of hydrogen-bond donors (Lipinski definition) is 3. The van der Waals surface area contributed by atoms with Crippen molar-refractivity contribution < 1.29 is 19.2 Å². The fraction of sp³-hybridized carbons (Fsp3) is 0.500. The molecule has 7 nitrogen and oxygen atoms in total. The van der Waals surface area contributed by atoms with Crippen LogP contribution in [0.1, 0.15) is 25.3 Å². The number of isothiocyanates is 2. The number of hydrogen-bond acceptors (Lipinski definition) is 8. The lowest BCUT2D eigenvalue weighted by molar-refractivity contribution is -0.140. The molecule has 0 aliphatic heterocycles. The number of unbranched alkanes of at least 4 members (excludes halogenated alkanes) is 1. The molecule has 0 aliphatic rings. The molecule has 0 heterocycles. The van der Waals surface area contributed by atoms with Gasteiger partial charge in [-0.15, -0.1) is 0 Å². The Morgan fingerprint density at radius 3 is 2.19 bits per heavy atom. The van der Waals surface area contributed by atoms with E-state index in [0.717, 1.165) is 38.1 Å². The van der Waals surface area contributed by atoms with Crippen LogP contribution in [0, 0.1) is 0 Å². The molecule has 1 rings (SSSR count). The Morgan fingerprint density at radius 1 is 1.19 bits per heavy atom. The SMILES string of the molecule is CC(=O)NC(CS)C(=O)O.C[S@@+]([O-])CCCCN=C=S.S=C=NCCc1ccccc1. The van der Waals surface area contributed by atoms with Crippen molar-refractivity contribution in [1.82, 2.24) is 5.32 Å². The predicted octanol–water partition coefficient (Wildman–Crippen LogP) is 3.09. The van der Waals surface area contributed by atoms with E-state index in [1.165, 1.54) is 12.5 Å². The van der Waals surface area contributed by atoms with Crippen LogP contribution in [-0.4, -0.2) is 68.8 Å². The van der Waals surface area contributed by atoms with E-state index in [9.17, 15) is 14.1 Å². The van der Waals surface area contributed by atoms with Crippen LogP contribution in [0.5, 0.6) is 0 Å². The first-order valence-electron chi connectivity index (χ1n) is 9.30. The quantitative estimate of drug-likeness (QED) is 0.141. The largest absolute Gasteiger partial charge is 0.617 e. The third-order valence-corrected chi connectivity index (χ3v) is 4.78. The van der Waals surface area contributed by atoms with Crippen molar-refractivity contribution in [2.75, 3.05) is 30.9 Å². The number of carbonyl (C=O) groups is 2. The molecule has 11 heteroatoms. The average molecular weight is 504 g/mol. The van der Waals surface area contributed by atoms with Crippen LogP contribution in [0.25, 0.3) is 0 Å². The van der Waals surface area contributed by atoms with Crippen LogP contribution in [0.4, 0.5) is 0 Å². The van der Waals surface area contributed by atoms with Crippen LogP contribution < -0.4 is 5.32 Å². The Bertz CT molecular complexity index is 708. The van der Waals surface area contributed by atoms with E-state index in [-0.39, 0.29) is 11.7 Å². The van der Waals surface area contributed by atoms with Crippen LogP contribution in [0.3, 0.4) is 0 Å². The molecule has 2 N–H and O–H groups in total. The zero-order valence-electron chi connectivity index (χ0n) is 17.7. The van der Waals surface area contributed by atoms with Crippen LogP contribution in [0.15, 0.2) is 40.3 Å². The number of thiocarbonyl (C=S) groups is 2. The third kappa shape index (κ3) is 24.6. The van der Waals surface area contributed by atoms with Crippen LogP contribution >= 0.6 is 37.1 Å². The highest BCUT2D eigenvalue weighted by Gasteiger charge is 2.15. The molecule has 0 radical (unpaired) electrons. The number of benzene rings is 1. The molecule has 0 saturated carbocycles. The molecule has 1 unspecified atom stereocenters. The summed E-state index contributed by atoms with van der Waals surface area (Å²) in [4.78, 5) is 28.1. The second kappa shape index (κ2) is 23.1. The molecule has 31 heavy (non-hydrogen) atoms. The van der Waals surface area contributed by atoms with Gasteiger partial charge < -0.3 is 15.0 Å². The molecule has 0 bridgehead atoms. The smallest absolute Gasteiger partial charge is 0.327 e. The van der Waals surface area contributed by atoms with Gasteiger partial charge in [-0.3, -0.25) is 4.79 Å². The van der Waals surface area contributed by atoms with Crippen molar-refractivity contribution in [3.8, 4) is 0 Å². The number of thiol groups is 1. The maximum absolute atomic E-state index is 10.5. The molecule has 1 aromatic rings. The van der Waals surface area contributed by atoms with Crippen molar-refractivity contribution in [2.24, 2.45) is 9.98 Å². The number of amides is 1. The Kier molecular flexibility index (Phi) is 23.5. The molecule has 0 spiro atoms. The highest BCUT2D eigenvalue weighted by Crippen LogP contribution is 1.98. The van der Waals surface area contributed by atoms with Gasteiger partial charge in [0.2, 0.25) is 5.91 Å². The first kappa shape index (κ1) is 31.6. The topological polar surface area (TPSA) is 114 Å². The van der Waals surface area contributed by atoms with Gasteiger partial charge in [-0.1, -0.05) is 41.5 Å². The lowest BCUT2D eigenvalue weighted by Gasteiger charge is -2.08. The maximum atomic E-state index is 10.5. The number of carboxylic acid groups (broad SMARTS) is 1.